The Bertz CT molecular complexity index is 487. The summed E-state index contributed by atoms with van der Waals surface area (Å²) in [5, 5.41) is 3.87. The van der Waals surface area contributed by atoms with Crippen LogP contribution in [0.4, 0.5) is 0 Å². The van der Waals surface area contributed by atoms with Crippen LogP contribution in [-0.2, 0) is 9.63 Å². The van der Waals surface area contributed by atoms with Gasteiger partial charge in [0.2, 0.25) is 12.2 Å². The second kappa shape index (κ2) is 7.37. The average molecular weight is 274 g/mol. The maximum atomic E-state index is 10.9. The Kier molecular flexibility index (Phi) is 5.23. The lowest BCUT2D eigenvalue weighted by molar-refractivity contribution is -0.118. The quantitative estimate of drug-likeness (QED) is 0.353. The second-order valence-electron chi connectivity index (χ2n) is 4.50. The number of carbonyl (C=O) groups excluding carboxylic acids is 1. The van der Waals surface area contributed by atoms with Gasteiger partial charge in [0.25, 0.3) is 0 Å². The molecule has 20 heavy (non-hydrogen) atoms. The fraction of sp³-hybridized carbons (Fsp3) is 0.429. The van der Waals surface area contributed by atoms with Gasteiger partial charge < -0.3 is 9.74 Å². The van der Waals surface area contributed by atoms with E-state index in [0.717, 1.165) is 25.8 Å². The van der Waals surface area contributed by atoms with Gasteiger partial charge in [-0.3, -0.25) is 9.78 Å². The third-order valence-corrected chi connectivity index (χ3v) is 3.22. The van der Waals surface area contributed by atoms with Gasteiger partial charge in [0.15, 0.2) is 0 Å². The van der Waals surface area contributed by atoms with E-state index in [1.807, 2.05) is 23.1 Å². The molecule has 0 saturated carbocycles. The molecule has 0 aromatic carbocycles. The first-order chi connectivity index (χ1) is 9.85. The summed E-state index contributed by atoms with van der Waals surface area (Å²) in [5.41, 5.74) is 0.657. The fourth-order valence-electron chi connectivity index (χ4n) is 2.23. The maximum absolute atomic E-state index is 10.9. The molecule has 1 atom stereocenters. The summed E-state index contributed by atoms with van der Waals surface area (Å²) in [5.74, 6) is 0.434. The van der Waals surface area contributed by atoms with Gasteiger partial charge in [-0.2, -0.15) is 0 Å². The Balaban J connectivity index is 2.00. The van der Waals surface area contributed by atoms with E-state index in [1.54, 1.807) is 12.4 Å². The van der Waals surface area contributed by atoms with Crippen molar-refractivity contribution in [2.45, 2.75) is 25.3 Å². The van der Waals surface area contributed by atoms with E-state index in [1.165, 1.54) is 7.11 Å². The molecule has 106 valence electrons. The molecule has 1 amide bonds. The molecule has 1 aliphatic rings. The van der Waals surface area contributed by atoms with Crippen LogP contribution in [0.15, 0.2) is 34.5 Å². The van der Waals surface area contributed by atoms with E-state index in [9.17, 15) is 4.79 Å². The van der Waals surface area contributed by atoms with Crippen LogP contribution in [0.1, 0.15) is 25.0 Å². The largest absolute Gasteiger partial charge is 0.397 e. The lowest BCUT2D eigenvalue weighted by Crippen LogP contribution is -2.28. The molecule has 1 fully saturated rings. The van der Waals surface area contributed by atoms with E-state index < -0.39 is 0 Å². The van der Waals surface area contributed by atoms with Gasteiger partial charge in [-0.05, 0) is 25.0 Å². The summed E-state index contributed by atoms with van der Waals surface area (Å²) in [7, 11) is 1.48. The monoisotopic (exact) mass is 274 g/mol. The molecule has 2 rings (SSSR count). The number of rotatable bonds is 5. The fourth-order valence-corrected chi connectivity index (χ4v) is 2.23. The van der Waals surface area contributed by atoms with Crippen LogP contribution >= 0.6 is 0 Å². The first-order valence-corrected chi connectivity index (χ1v) is 6.61. The van der Waals surface area contributed by atoms with Crippen LogP contribution < -0.4 is 0 Å². The van der Waals surface area contributed by atoms with Gasteiger partial charge in [-0.1, -0.05) is 11.2 Å². The molecule has 1 aromatic rings. The van der Waals surface area contributed by atoms with Crippen LogP contribution in [0.2, 0.25) is 0 Å². The molecule has 6 heteroatoms. The maximum Gasteiger partial charge on any atom is 0.216 e. The van der Waals surface area contributed by atoms with E-state index in [4.69, 9.17) is 4.84 Å². The molecule has 1 saturated heterocycles. The number of oxime groups is 1. The topological polar surface area (TPSA) is 67.2 Å². The van der Waals surface area contributed by atoms with E-state index >= 15 is 0 Å². The van der Waals surface area contributed by atoms with Gasteiger partial charge in [0.05, 0.1) is 0 Å². The number of carbonyl (C=O) groups is 1. The average Bonchev–Trinajstić information content (AvgIpc) is 2.95. The zero-order chi connectivity index (χ0) is 14.2. The summed E-state index contributed by atoms with van der Waals surface area (Å²) >= 11 is 0. The Hall–Kier alpha value is -2.24. The van der Waals surface area contributed by atoms with Crippen molar-refractivity contribution in [3.63, 3.8) is 0 Å². The van der Waals surface area contributed by atoms with E-state index in [-0.39, 0.29) is 6.04 Å². The molecule has 0 spiro atoms. The Morgan fingerprint density at radius 1 is 1.60 bits per heavy atom. The second-order valence-corrected chi connectivity index (χ2v) is 4.50. The van der Waals surface area contributed by atoms with Crippen LogP contribution in [0.3, 0.4) is 0 Å². The number of aliphatic imine (C=N–C) groups is 1. The lowest BCUT2D eigenvalue weighted by Gasteiger charge is -2.17. The lowest BCUT2D eigenvalue weighted by atomic mass is 10.2. The number of likely N-dealkylation sites (tertiary alicyclic amines) is 1. The van der Waals surface area contributed by atoms with Crippen molar-refractivity contribution < 1.29 is 9.63 Å². The molecule has 0 bridgehead atoms. The van der Waals surface area contributed by atoms with Crippen LogP contribution in [-0.4, -0.2) is 48.0 Å². The number of hydrogen-bond donors (Lipinski definition) is 0. The standard InChI is InChI=1S/C14H18N4O2/c1-20-17-14(13-6-2-3-8-15-13)16-9-7-12-5-4-10-18(12)11-19/h2-3,6,8-9,11-12H,4-5,7,10H2,1H3/b16-9?,17-14-. The van der Waals surface area contributed by atoms with Crippen molar-refractivity contribution in [3.05, 3.63) is 30.1 Å². The van der Waals surface area contributed by atoms with Crippen molar-refractivity contribution >= 4 is 18.5 Å². The highest BCUT2D eigenvalue weighted by Gasteiger charge is 2.21. The predicted molar refractivity (Wildman–Crippen MR) is 76.7 cm³/mol. The van der Waals surface area contributed by atoms with Crippen LogP contribution in [0, 0.1) is 0 Å². The summed E-state index contributed by atoms with van der Waals surface area (Å²) in [6.07, 6.45) is 7.16. The van der Waals surface area contributed by atoms with Crippen molar-refractivity contribution in [2.75, 3.05) is 13.7 Å². The molecule has 1 aromatic heterocycles. The van der Waals surface area contributed by atoms with Crippen molar-refractivity contribution in [2.24, 2.45) is 10.1 Å². The zero-order valence-electron chi connectivity index (χ0n) is 11.5. The first-order valence-electron chi connectivity index (χ1n) is 6.61. The molecule has 1 aliphatic heterocycles. The number of amidine groups is 1. The summed E-state index contributed by atoms with van der Waals surface area (Å²) in [6, 6.07) is 5.76. The number of aromatic nitrogens is 1. The number of hydrogen-bond acceptors (Lipinski definition) is 4. The molecule has 0 radical (unpaired) electrons. The molecule has 0 aliphatic carbocycles. The normalized spacial score (nSPS) is 19.6. The zero-order valence-corrected chi connectivity index (χ0v) is 11.5. The van der Waals surface area contributed by atoms with Crippen molar-refractivity contribution in [1.29, 1.82) is 0 Å². The van der Waals surface area contributed by atoms with Crippen molar-refractivity contribution in [3.8, 4) is 0 Å². The summed E-state index contributed by atoms with van der Waals surface area (Å²) < 4.78 is 0. The van der Waals surface area contributed by atoms with Gasteiger partial charge >= 0.3 is 0 Å². The minimum absolute atomic E-state index is 0.240. The molecular formula is C14H18N4O2. The Morgan fingerprint density at radius 3 is 3.20 bits per heavy atom. The smallest absolute Gasteiger partial charge is 0.216 e. The number of pyridine rings is 1. The minimum atomic E-state index is 0.240. The molecule has 1 unspecified atom stereocenters. The predicted octanol–water partition coefficient (Wildman–Crippen LogP) is 1.47. The van der Waals surface area contributed by atoms with Gasteiger partial charge in [0.1, 0.15) is 12.8 Å². The Labute approximate surface area is 118 Å². The third kappa shape index (κ3) is 3.63. The highest BCUT2D eigenvalue weighted by Crippen LogP contribution is 2.17. The highest BCUT2D eigenvalue weighted by molar-refractivity contribution is 6.01. The van der Waals surface area contributed by atoms with Crippen LogP contribution in [0.25, 0.3) is 0 Å². The minimum Gasteiger partial charge on any atom is -0.397 e. The summed E-state index contributed by atoms with van der Waals surface area (Å²) in [6.45, 7) is 0.835. The van der Waals surface area contributed by atoms with Crippen molar-refractivity contribution in [1.82, 2.24) is 9.88 Å². The molecule has 2 heterocycles. The number of nitrogens with zero attached hydrogens (tertiary/aromatic N) is 4. The van der Waals surface area contributed by atoms with E-state index in [0.29, 0.717) is 18.0 Å². The molecular weight excluding hydrogens is 256 g/mol. The summed E-state index contributed by atoms with van der Waals surface area (Å²) in [4.78, 5) is 26.0. The van der Waals surface area contributed by atoms with E-state index in [2.05, 4.69) is 15.1 Å². The van der Waals surface area contributed by atoms with Gasteiger partial charge in [0, 0.05) is 31.4 Å². The van der Waals surface area contributed by atoms with Gasteiger partial charge in [-0.25, -0.2) is 4.99 Å². The third-order valence-electron chi connectivity index (χ3n) is 3.22. The molecule has 6 nitrogen and oxygen atoms in total. The van der Waals surface area contributed by atoms with Gasteiger partial charge in [-0.15, -0.1) is 0 Å². The Morgan fingerprint density at radius 2 is 2.50 bits per heavy atom. The molecule has 0 N–H and O–H groups in total. The highest BCUT2D eigenvalue weighted by atomic mass is 16.6. The first kappa shape index (κ1) is 14.2. The number of amides is 1. The van der Waals surface area contributed by atoms with Crippen LogP contribution in [0.5, 0.6) is 0 Å². The SMILES string of the molecule is CO/N=C(\N=CCC1CCCN1C=O)c1ccccn1.